The zero-order valence-corrected chi connectivity index (χ0v) is 14.7. The van der Waals surface area contributed by atoms with E-state index in [1.165, 1.54) is 0 Å². The molecule has 0 unspecified atom stereocenters. The standard InChI is InChI=1S/C20H20N2O4/c1-3-22-19(23)16(21-20(22)24)11-15-9-10-17(18(12-15)25-2)26-13-14-7-5-4-6-8-14/h4-12H,3,13H2,1-2H3,(H,21,24)/b16-11+. The number of urea groups is 1. The lowest BCUT2D eigenvalue weighted by Gasteiger charge is -2.11. The number of nitrogens with zero attached hydrogens (tertiary/aromatic N) is 1. The summed E-state index contributed by atoms with van der Waals surface area (Å²) in [7, 11) is 1.56. The van der Waals surface area contributed by atoms with E-state index in [9.17, 15) is 9.59 Å². The number of likely N-dealkylation sites (N-methyl/N-ethyl adjacent to an activating group) is 1. The Labute approximate surface area is 152 Å². The van der Waals surface area contributed by atoms with Crippen molar-refractivity contribution in [1.29, 1.82) is 0 Å². The minimum absolute atomic E-state index is 0.247. The first-order valence-corrected chi connectivity index (χ1v) is 8.31. The normalized spacial score (nSPS) is 15.3. The molecule has 3 rings (SSSR count). The van der Waals surface area contributed by atoms with Gasteiger partial charge < -0.3 is 14.8 Å². The number of carbonyl (C=O) groups is 2. The van der Waals surface area contributed by atoms with Gasteiger partial charge in [-0.05, 0) is 36.3 Å². The molecule has 26 heavy (non-hydrogen) atoms. The largest absolute Gasteiger partial charge is 0.493 e. The summed E-state index contributed by atoms with van der Waals surface area (Å²) in [5.74, 6) is 0.829. The molecule has 134 valence electrons. The van der Waals surface area contributed by atoms with Crippen LogP contribution in [0, 0.1) is 0 Å². The summed E-state index contributed by atoms with van der Waals surface area (Å²) in [4.78, 5) is 25.0. The summed E-state index contributed by atoms with van der Waals surface area (Å²) >= 11 is 0. The predicted octanol–water partition coefficient (Wildman–Crippen LogP) is 3.19. The summed E-state index contributed by atoms with van der Waals surface area (Å²) in [6.45, 7) is 2.51. The zero-order valence-electron chi connectivity index (χ0n) is 14.7. The molecule has 3 amide bonds. The van der Waals surface area contributed by atoms with Crippen LogP contribution >= 0.6 is 0 Å². The summed E-state index contributed by atoms with van der Waals surface area (Å²) < 4.78 is 11.2. The Morgan fingerprint density at radius 1 is 1.08 bits per heavy atom. The van der Waals surface area contributed by atoms with Gasteiger partial charge in [0.2, 0.25) is 0 Å². The van der Waals surface area contributed by atoms with E-state index in [0.717, 1.165) is 16.0 Å². The number of hydrogen-bond acceptors (Lipinski definition) is 4. The van der Waals surface area contributed by atoms with Crippen molar-refractivity contribution in [3.8, 4) is 11.5 Å². The Morgan fingerprint density at radius 3 is 2.50 bits per heavy atom. The third-order valence-electron chi connectivity index (χ3n) is 4.01. The topological polar surface area (TPSA) is 67.9 Å². The molecule has 6 nitrogen and oxygen atoms in total. The van der Waals surface area contributed by atoms with Crippen LogP contribution in [-0.4, -0.2) is 30.5 Å². The molecule has 1 saturated heterocycles. The molecule has 1 aliphatic heterocycles. The second-order valence-corrected chi connectivity index (χ2v) is 5.72. The Hall–Kier alpha value is -3.28. The van der Waals surface area contributed by atoms with Crippen LogP contribution in [0.1, 0.15) is 18.1 Å². The fourth-order valence-electron chi connectivity index (χ4n) is 2.65. The van der Waals surface area contributed by atoms with Gasteiger partial charge in [0.05, 0.1) is 7.11 Å². The number of carbonyl (C=O) groups excluding carboxylic acids is 2. The van der Waals surface area contributed by atoms with Gasteiger partial charge in [-0.3, -0.25) is 9.69 Å². The monoisotopic (exact) mass is 352 g/mol. The molecule has 2 aromatic rings. The fourth-order valence-corrected chi connectivity index (χ4v) is 2.65. The molecule has 0 bridgehead atoms. The highest BCUT2D eigenvalue weighted by molar-refractivity contribution is 6.13. The fraction of sp³-hybridized carbons (Fsp3) is 0.200. The van der Waals surface area contributed by atoms with Crippen LogP contribution in [-0.2, 0) is 11.4 Å². The van der Waals surface area contributed by atoms with Crippen molar-refractivity contribution in [2.24, 2.45) is 0 Å². The quantitative estimate of drug-likeness (QED) is 0.640. The number of nitrogens with one attached hydrogen (secondary N) is 1. The average molecular weight is 352 g/mol. The van der Waals surface area contributed by atoms with Crippen LogP contribution in [0.4, 0.5) is 4.79 Å². The van der Waals surface area contributed by atoms with Crippen LogP contribution in [0.15, 0.2) is 54.2 Å². The lowest BCUT2D eigenvalue weighted by atomic mass is 10.1. The molecular formula is C20H20N2O4. The number of methoxy groups -OCH3 is 1. The van der Waals surface area contributed by atoms with E-state index in [-0.39, 0.29) is 11.6 Å². The van der Waals surface area contributed by atoms with Crippen LogP contribution in [0.2, 0.25) is 0 Å². The van der Waals surface area contributed by atoms with Gasteiger partial charge in [0.1, 0.15) is 12.3 Å². The van der Waals surface area contributed by atoms with Crippen molar-refractivity contribution in [1.82, 2.24) is 10.2 Å². The minimum Gasteiger partial charge on any atom is -0.493 e. The maximum Gasteiger partial charge on any atom is 0.328 e. The lowest BCUT2D eigenvalue weighted by Crippen LogP contribution is -2.30. The number of rotatable bonds is 6. The first-order chi connectivity index (χ1) is 12.6. The van der Waals surface area contributed by atoms with Gasteiger partial charge in [-0.15, -0.1) is 0 Å². The van der Waals surface area contributed by atoms with Gasteiger partial charge in [-0.1, -0.05) is 36.4 Å². The van der Waals surface area contributed by atoms with Crippen molar-refractivity contribution in [3.05, 3.63) is 65.4 Å². The van der Waals surface area contributed by atoms with Crippen LogP contribution in [0.5, 0.6) is 11.5 Å². The van der Waals surface area contributed by atoms with Gasteiger partial charge in [0.15, 0.2) is 11.5 Å². The first kappa shape index (κ1) is 17.5. The Morgan fingerprint density at radius 2 is 1.85 bits per heavy atom. The van der Waals surface area contributed by atoms with Crippen molar-refractivity contribution in [3.63, 3.8) is 0 Å². The highest BCUT2D eigenvalue weighted by Gasteiger charge is 2.31. The van der Waals surface area contributed by atoms with Gasteiger partial charge in [-0.25, -0.2) is 4.79 Å². The number of imide groups is 1. The van der Waals surface area contributed by atoms with Crippen molar-refractivity contribution in [2.45, 2.75) is 13.5 Å². The predicted molar refractivity (Wildman–Crippen MR) is 97.7 cm³/mol. The summed E-state index contributed by atoms with van der Waals surface area (Å²) in [5, 5.41) is 2.58. The second-order valence-electron chi connectivity index (χ2n) is 5.72. The number of hydrogen-bond donors (Lipinski definition) is 1. The maximum absolute atomic E-state index is 12.2. The van der Waals surface area contributed by atoms with E-state index in [1.807, 2.05) is 36.4 Å². The third kappa shape index (κ3) is 3.69. The van der Waals surface area contributed by atoms with E-state index < -0.39 is 6.03 Å². The molecular weight excluding hydrogens is 332 g/mol. The summed E-state index contributed by atoms with van der Waals surface area (Å²) in [6, 6.07) is 14.8. The van der Waals surface area contributed by atoms with Crippen LogP contribution < -0.4 is 14.8 Å². The highest BCUT2D eigenvalue weighted by Crippen LogP contribution is 2.30. The molecule has 6 heteroatoms. The maximum atomic E-state index is 12.2. The van der Waals surface area contributed by atoms with Gasteiger partial charge in [0, 0.05) is 6.54 Å². The molecule has 0 saturated carbocycles. The van der Waals surface area contributed by atoms with E-state index in [4.69, 9.17) is 9.47 Å². The second kappa shape index (κ2) is 7.74. The van der Waals surface area contributed by atoms with Gasteiger partial charge in [0.25, 0.3) is 5.91 Å². The molecule has 0 aromatic heterocycles. The molecule has 1 fully saturated rings. The molecule has 0 spiro atoms. The Kier molecular flexibility index (Phi) is 5.22. The number of amides is 3. The smallest absolute Gasteiger partial charge is 0.328 e. The van der Waals surface area contributed by atoms with E-state index in [2.05, 4.69) is 5.32 Å². The van der Waals surface area contributed by atoms with E-state index in [1.54, 1.807) is 32.2 Å². The van der Waals surface area contributed by atoms with Gasteiger partial charge in [-0.2, -0.15) is 0 Å². The summed E-state index contributed by atoms with van der Waals surface area (Å²) in [5.41, 5.74) is 2.03. The third-order valence-corrected chi connectivity index (χ3v) is 4.01. The molecule has 1 heterocycles. The summed E-state index contributed by atoms with van der Waals surface area (Å²) in [6.07, 6.45) is 1.62. The molecule has 0 aliphatic carbocycles. The highest BCUT2D eigenvalue weighted by atomic mass is 16.5. The average Bonchev–Trinajstić information content (AvgIpc) is 2.94. The van der Waals surface area contributed by atoms with Crippen molar-refractivity contribution < 1.29 is 19.1 Å². The molecule has 1 aliphatic rings. The van der Waals surface area contributed by atoms with Crippen LogP contribution in [0.3, 0.4) is 0 Å². The number of ether oxygens (including phenoxy) is 2. The molecule has 0 atom stereocenters. The van der Waals surface area contributed by atoms with Crippen molar-refractivity contribution in [2.75, 3.05) is 13.7 Å². The van der Waals surface area contributed by atoms with Crippen molar-refractivity contribution >= 4 is 18.0 Å². The molecule has 1 N–H and O–H groups in total. The first-order valence-electron chi connectivity index (χ1n) is 8.31. The molecule has 0 radical (unpaired) electrons. The zero-order chi connectivity index (χ0) is 18.5. The Bertz CT molecular complexity index is 846. The lowest BCUT2D eigenvalue weighted by molar-refractivity contribution is -0.122. The van der Waals surface area contributed by atoms with Crippen LogP contribution in [0.25, 0.3) is 6.08 Å². The van der Waals surface area contributed by atoms with E-state index in [0.29, 0.717) is 24.7 Å². The Balaban J connectivity index is 1.77. The number of benzene rings is 2. The minimum atomic E-state index is -0.404. The SMILES string of the molecule is CCN1C(=O)N/C(=C/c2ccc(OCc3ccccc3)c(OC)c2)C1=O. The van der Waals surface area contributed by atoms with E-state index >= 15 is 0 Å². The van der Waals surface area contributed by atoms with Gasteiger partial charge >= 0.3 is 6.03 Å². The molecule has 2 aromatic carbocycles.